The third kappa shape index (κ3) is 3.98. The van der Waals surface area contributed by atoms with Crippen molar-refractivity contribution in [2.45, 2.75) is 26.7 Å². The maximum absolute atomic E-state index is 10.5. The molecule has 0 aliphatic heterocycles. The topological polar surface area (TPSA) is 63.3 Å². The van der Waals surface area contributed by atoms with Gasteiger partial charge >= 0.3 is 5.97 Å². The lowest BCUT2D eigenvalue weighted by Gasteiger charge is -2.13. The van der Waals surface area contributed by atoms with Crippen LogP contribution in [-0.4, -0.2) is 17.6 Å². The molecule has 0 bridgehead atoms. The first-order valence-electron chi connectivity index (χ1n) is 4.04. The summed E-state index contributed by atoms with van der Waals surface area (Å²) >= 11 is 0. The molecular weight excluding hydrogens is 142 g/mol. The molecule has 0 heterocycles. The van der Waals surface area contributed by atoms with Crippen LogP contribution < -0.4 is 5.73 Å². The van der Waals surface area contributed by atoms with Gasteiger partial charge in [-0.25, -0.2) is 0 Å². The molecule has 0 aromatic carbocycles. The number of rotatable bonds is 5. The Morgan fingerprint density at radius 1 is 1.64 bits per heavy atom. The lowest BCUT2D eigenvalue weighted by Crippen LogP contribution is -2.20. The zero-order valence-corrected chi connectivity index (χ0v) is 7.21. The molecule has 11 heavy (non-hydrogen) atoms. The van der Waals surface area contributed by atoms with E-state index in [0.717, 1.165) is 0 Å². The van der Waals surface area contributed by atoms with E-state index in [0.29, 0.717) is 25.3 Å². The van der Waals surface area contributed by atoms with Crippen molar-refractivity contribution in [3.8, 4) is 0 Å². The molecule has 66 valence electrons. The summed E-state index contributed by atoms with van der Waals surface area (Å²) < 4.78 is 0. The van der Waals surface area contributed by atoms with Gasteiger partial charge in [0.2, 0.25) is 0 Å². The van der Waals surface area contributed by atoms with Gasteiger partial charge in [0.1, 0.15) is 0 Å². The molecule has 0 aromatic heterocycles. The van der Waals surface area contributed by atoms with Crippen LogP contribution >= 0.6 is 0 Å². The number of carboxylic acids is 1. The maximum Gasteiger partial charge on any atom is 0.306 e. The van der Waals surface area contributed by atoms with E-state index in [2.05, 4.69) is 0 Å². The van der Waals surface area contributed by atoms with Gasteiger partial charge in [0.05, 0.1) is 5.92 Å². The van der Waals surface area contributed by atoms with Gasteiger partial charge in [0, 0.05) is 0 Å². The molecule has 0 aromatic rings. The average Bonchev–Trinajstić information content (AvgIpc) is 1.99. The average molecular weight is 159 g/mol. The summed E-state index contributed by atoms with van der Waals surface area (Å²) in [6, 6.07) is 0. The normalized spacial score (nSPS) is 15.9. The third-order valence-electron chi connectivity index (χ3n) is 1.93. The number of carbonyl (C=O) groups is 1. The zero-order chi connectivity index (χ0) is 8.85. The summed E-state index contributed by atoms with van der Waals surface area (Å²) in [5.41, 5.74) is 5.38. The molecule has 0 aliphatic rings. The minimum Gasteiger partial charge on any atom is -0.481 e. The van der Waals surface area contributed by atoms with Gasteiger partial charge in [0.15, 0.2) is 0 Å². The number of carboxylic acid groups (broad SMARTS) is 1. The number of hydrogen-bond acceptors (Lipinski definition) is 2. The molecule has 0 fully saturated rings. The fraction of sp³-hybridized carbons (Fsp3) is 0.875. The molecule has 0 aliphatic carbocycles. The summed E-state index contributed by atoms with van der Waals surface area (Å²) in [7, 11) is 0. The quantitative estimate of drug-likeness (QED) is 0.631. The van der Waals surface area contributed by atoms with Crippen molar-refractivity contribution in [2.24, 2.45) is 17.6 Å². The smallest absolute Gasteiger partial charge is 0.306 e. The van der Waals surface area contributed by atoms with Crippen LogP contribution in [0.3, 0.4) is 0 Å². The first-order valence-corrected chi connectivity index (χ1v) is 4.04. The van der Waals surface area contributed by atoms with Gasteiger partial charge in [-0.3, -0.25) is 4.79 Å². The van der Waals surface area contributed by atoms with Crippen molar-refractivity contribution < 1.29 is 9.90 Å². The fourth-order valence-electron chi connectivity index (χ4n) is 1.02. The van der Waals surface area contributed by atoms with Gasteiger partial charge in [-0.1, -0.05) is 13.8 Å². The Bertz CT molecular complexity index is 125. The minimum atomic E-state index is -0.701. The largest absolute Gasteiger partial charge is 0.481 e. The monoisotopic (exact) mass is 159 g/mol. The molecule has 0 rings (SSSR count). The summed E-state index contributed by atoms with van der Waals surface area (Å²) in [5, 5.41) is 8.68. The fourth-order valence-corrected chi connectivity index (χ4v) is 1.02. The highest BCUT2D eigenvalue weighted by molar-refractivity contribution is 5.69. The maximum atomic E-state index is 10.5. The van der Waals surface area contributed by atoms with Gasteiger partial charge in [-0.15, -0.1) is 0 Å². The lowest BCUT2D eigenvalue weighted by molar-refractivity contribution is -0.142. The van der Waals surface area contributed by atoms with Crippen LogP contribution in [0.25, 0.3) is 0 Å². The van der Waals surface area contributed by atoms with Crippen molar-refractivity contribution in [3.63, 3.8) is 0 Å². The van der Waals surface area contributed by atoms with E-state index < -0.39 is 5.97 Å². The molecule has 0 saturated carbocycles. The van der Waals surface area contributed by atoms with Crippen LogP contribution in [0.1, 0.15) is 26.7 Å². The molecule has 2 atom stereocenters. The Morgan fingerprint density at radius 2 is 2.18 bits per heavy atom. The van der Waals surface area contributed by atoms with Gasteiger partial charge in [-0.05, 0) is 25.3 Å². The van der Waals surface area contributed by atoms with Crippen molar-refractivity contribution in [2.75, 3.05) is 6.54 Å². The summed E-state index contributed by atoms with van der Waals surface area (Å²) in [6.07, 6.45) is 1.39. The molecule has 0 spiro atoms. The SMILES string of the molecule is CCC(CC(C)CN)C(=O)O. The summed E-state index contributed by atoms with van der Waals surface area (Å²) in [6.45, 7) is 4.44. The second-order valence-corrected chi connectivity index (χ2v) is 3.02. The van der Waals surface area contributed by atoms with E-state index in [4.69, 9.17) is 10.8 Å². The summed E-state index contributed by atoms with van der Waals surface area (Å²) in [5.74, 6) is -0.600. The number of nitrogens with two attached hydrogens (primary N) is 1. The summed E-state index contributed by atoms with van der Waals surface area (Å²) in [4.78, 5) is 10.5. The van der Waals surface area contributed by atoms with Crippen LogP contribution in [0.4, 0.5) is 0 Å². The Hall–Kier alpha value is -0.570. The van der Waals surface area contributed by atoms with Crippen molar-refractivity contribution in [1.29, 1.82) is 0 Å². The first-order chi connectivity index (χ1) is 5.11. The molecule has 3 nitrogen and oxygen atoms in total. The number of hydrogen-bond donors (Lipinski definition) is 2. The molecule has 0 radical (unpaired) electrons. The van der Waals surface area contributed by atoms with Crippen LogP contribution in [0, 0.1) is 11.8 Å². The Labute approximate surface area is 67.6 Å². The molecule has 0 saturated heterocycles. The second-order valence-electron chi connectivity index (χ2n) is 3.02. The van der Waals surface area contributed by atoms with Crippen LogP contribution in [0.15, 0.2) is 0 Å². The Kier molecular flexibility index (Phi) is 4.86. The van der Waals surface area contributed by atoms with Crippen molar-refractivity contribution >= 4 is 5.97 Å². The third-order valence-corrected chi connectivity index (χ3v) is 1.93. The minimum absolute atomic E-state index is 0.214. The van der Waals surface area contributed by atoms with E-state index in [1.165, 1.54) is 0 Å². The van der Waals surface area contributed by atoms with Crippen molar-refractivity contribution in [3.05, 3.63) is 0 Å². The predicted octanol–water partition coefficient (Wildman–Crippen LogP) is 1.08. The molecule has 0 amide bonds. The van der Waals surface area contributed by atoms with E-state index in [1.807, 2.05) is 13.8 Å². The first kappa shape index (κ1) is 10.4. The van der Waals surface area contributed by atoms with E-state index in [1.54, 1.807) is 0 Å². The van der Waals surface area contributed by atoms with Gasteiger partial charge in [0.25, 0.3) is 0 Å². The van der Waals surface area contributed by atoms with Gasteiger partial charge in [-0.2, -0.15) is 0 Å². The zero-order valence-electron chi connectivity index (χ0n) is 7.21. The van der Waals surface area contributed by atoms with Crippen LogP contribution in [0.5, 0.6) is 0 Å². The highest BCUT2D eigenvalue weighted by Gasteiger charge is 2.17. The second kappa shape index (κ2) is 5.13. The van der Waals surface area contributed by atoms with E-state index >= 15 is 0 Å². The standard InChI is InChI=1S/C8H17NO2/c1-3-7(8(10)11)4-6(2)5-9/h6-7H,3-5,9H2,1-2H3,(H,10,11). The highest BCUT2D eigenvalue weighted by Crippen LogP contribution is 2.14. The molecular formula is C8H17NO2. The van der Waals surface area contributed by atoms with E-state index in [-0.39, 0.29) is 5.92 Å². The highest BCUT2D eigenvalue weighted by atomic mass is 16.4. The van der Waals surface area contributed by atoms with Crippen molar-refractivity contribution in [1.82, 2.24) is 0 Å². The number of aliphatic carboxylic acids is 1. The molecule has 2 unspecified atom stereocenters. The Balaban J connectivity index is 3.77. The van der Waals surface area contributed by atoms with Gasteiger partial charge < -0.3 is 10.8 Å². The lowest BCUT2D eigenvalue weighted by atomic mass is 9.94. The van der Waals surface area contributed by atoms with E-state index in [9.17, 15) is 4.79 Å². The molecule has 3 N–H and O–H groups in total. The molecule has 3 heteroatoms. The van der Waals surface area contributed by atoms with Crippen LogP contribution in [0.2, 0.25) is 0 Å². The van der Waals surface area contributed by atoms with Crippen LogP contribution in [-0.2, 0) is 4.79 Å². The Morgan fingerprint density at radius 3 is 2.45 bits per heavy atom. The predicted molar refractivity (Wildman–Crippen MR) is 44.3 cm³/mol.